The predicted molar refractivity (Wildman–Crippen MR) is 84.4 cm³/mol. The van der Waals surface area contributed by atoms with Crippen LogP contribution in [-0.4, -0.2) is 27.2 Å². The second-order valence-electron chi connectivity index (χ2n) is 5.13. The van der Waals surface area contributed by atoms with Gasteiger partial charge in [-0.1, -0.05) is 6.07 Å². The first kappa shape index (κ1) is 14.6. The minimum Gasteiger partial charge on any atom is -0.478 e. The molecule has 1 unspecified atom stereocenters. The monoisotopic (exact) mass is 314 g/mol. The van der Waals surface area contributed by atoms with E-state index in [1.165, 1.54) is 11.8 Å². The number of hydrogen-bond donors (Lipinski definition) is 2. The SMILES string of the molecule is Cc1cc(C(=O)O)cc2c1NC(=O)C(Cc1cccnc1)S2. The van der Waals surface area contributed by atoms with E-state index in [1.807, 2.05) is 12.1 Å². The molecule has 2 N–H and O–H groups in total. The van der Waals surface area contributed by atoms with Gasteiger partial charge in [0, 0.05) is 17.3 Å². The van der Waals surface area contributed by atoms with Crippen molar-refractivity contribution in [2.75, 3.05) is 5.32 Å². The van der Waals surface area contributed by atoms with Gasteiger partial charge in [0.05, 0.1) is 16.5 Å². The Hall–Kier alpha value is -2.34. The van der Waals surface area contributed by atoms with Crippen LogP contribution in [0.25, 0.3) is 0 Å². The van der Waals surface area contributed by atoms with Crippen molar-refractivity contribution in [3.8, 4) is 0 Å². The number of carbonyl (C=O) groups is 2. The molecular formula is C16H14N2O3S. The van der Waals surface area contributed by atoms with E-state index < -0.39 is 5.97 Å². The maximum Gasteiger partial charge on any atom is 0.335 e. The molecule has 1 aliphatic heterocycles. The molecule has 0 saturated carbocycles. The van der Waals surface area contributed by atoms with E-state index in [0.29, 0.717) is 12.1 Å². The van der Waals surface area contributed by atoms with Crippen LogP contribution in [0, 0.1) is 6.92 Å². The highest BCUT2D eigenvalue weighted by molar-refractivity contribution is 8.01. The number of aryl methyl sites for hydroxylation is 1. The number of rotatable bonds is 3. The summed E-state index contributed by atoms with van der Waals surface area (Å²) in [4.78, 5) is 28.3. The molecule has 6 heteroatoms. The number of carbonyl (C=O) groups excluding carboxylic acids is 1. The second kappa shape index (κ2) is 5.81. The molecule has 1 atom stereocenters. The number of carboxylic acid groups (broad SMARTS) is 1. The van der Waals surface area contributed by atoms with Crippen molar-refractivity contribution in [1.82, 2.24) is 4.98 Å². The quantitative estimate of drug-likeness (QED) is 0.910. The van der Waals surface area contributed by atoms with Crippen molar-refractivity contribution < 1.29 is 14.7 Å². The average Bonchev–Trinajstić information content (AvgIpc) is 2.49. The molecule has 0 spiro atoms. The molecule has 3 rings (SSSR count). The van der Waals surface area contributed by atoms with Crippen LogP contribution in [0.15, 0.2) is 41.6 Å². The van der Waals surface area contributed by atoms with Crippen molar-refractivity contribution >= 4 is 29.3 Å². The van der Waals surface area contributed by atoms with E-state index >= 15 is 0 Å². The number of pyridine rings is 1. The Bertz CT molecular complexity index is 747. The fourth-order valence-electron chi connectivity index (χ4n) is 2.41. The molecule has 0 radical (unpaired) electrons. The topological polar surface area (TPSA) is 79.3 Å². The average molecular weight is 314 g/mol. The van der Waals surface area contributed by atoms with Gasteiger partial charge in [0.2, 0.25) is 5.91 Å². The summed E-state index contributed by atoms with van der Waals surface area (Å²) >= 11 is 1.40. The lowest BCUT2D eigenvalue weighted by atomic mass is 10.1. The first-order chi connectivity index (χ1) is 10.5. The highest BCUT2D eigenvalue weighted by Gasteiger charge is 2.29. The maximum atomic E-state index is 12.3. The summed E-state index contributed by atoms with van der Waals surface area (Å²) in [6, 6.07) is 6.95. The molecule has 1 aromatic heterocycles. The Morgan fingerprint density at radius 2 is 2.27 bits per heavy atom. The number of benzene rings is 1. The van der Waals surface area contributed by atoms with Crippen LogP contribution in [0.3, 0.4) is 0 Å². The van der Waals surface area contributed by atoms with Crippen LogP contribution < -0.4 is 5.32 Å². The van der Waals surface area contributed by atoms with E-state index in [2.05, 4.69) is 10.3 Å². The lowest BCUT2D eigenvalue weighted by Gasteiger charge is -2.25. The highest BCUT2D eigenvalue weighted by atomic mass is 32.2. The van der Waals surface area contributed by atoms with Gasteiger partial charge in [-0.2, -0.15) is 0 Å². The summed E-state index contributed by atoms with van der Waals surface area (Å²) in [6.07, 6.45) is 3.98. The molecule has 2 heterocycles. The van der Waals surface area contributed by atoms with Gasteiger partial charge in [-0.15, -0.1) is 11.8 Å². The van der Waals surface area contributed by atoms with E-state index in [-0.39, 0.29) is 16.7 Å². The van der Waals surface area contributed by atoms with Crippen molar-refractivity contribution in [1.29, 1.82) is 0 Å². The first-order valence-electron chi connectivity index (χ1n) is 6.79. The number of carboxylic acids is 1. The number of nitrogens with zero attached hydrogens (tertiary/aromatic N) is 1. The smallest absolute Gasteiger partial charge is 0.335 e. The number of amides is 1. The molecule has 1 aromatic carbocycles. The van der Waals surface area contributed by atoms with Crippen LogP contribution >= 0.6 is 11.8 Å². The van der Waals surface area contributed by atoms with Gasteiger partial charge in [-0.05, 0) is 42.7 Å². The first-order valence-corrected chi connectivity index (χ1v) is 7.67. The molecule has 0 bridgehead atoms. The summed E-state index contributed by atoms with van der Waals surface area (Å²) < 4.78 is 0. The Balaban J connectivity index is 1.90. The van der Waals surface area contributed by atoms with Crippen molar-refractivity contribution in [3.05, 3.63) is 53.3 Å². The summed E-state index contributed by atoms with van der Waals surface area (Å²) in [6.45, 7) is 1.80. The number of nitrogens with one attached hydrogen (secondary N) is 1. The molecule has 112 valence electrons. The molecule has 22 heavy (non-hydrogen) atoms. The number of aromatic nitrogens is 1. The normalized spacial score (nSPS) is 16.8. The lowest BCUT2D eigenvalue weighted by molar-refractivity contribution is -0.115. The van der Waals surface area contributed by atoms with Crippen LogP contribution in [-0.2, 0) is 11.2 Å². The van der Waals surface area contributed by atoms with Gasteiger partial charge < -0.3 is 10.4 Å². The van der Waals surface area contributed by atoms with Crippen LogP contribution in [0.2, 0.25) is 0 Å². The van der Waals surface area contributed by atoms with Crippen molar-refractivity contribution in [3.63, 3.8) is 0 Å². The van der Waals surface area contributed by atoms with E-state index in [9.17, 15) is 9.59 Å². The third-order valence-corrected chi connectivity index (χ3v) is 4.74. The largest absolute Gasteiger partial charge is 0.478 e. The predicted octanol–water partition coefficient (Wildman–Crippen LogP) is 2.74. The molecule has 1 aliphatic rings. The summed E-state index contributed by atoms with van der Waals surface area (Å²) in [5.74, 6) is -1.03. The van der Waals surface area contributed by atoms with Gasteiger partial charge in [0.1, 0.15) is 0 Å². The molecule has 0 aliphatic carbocycles. The lowest BCUT2D eigenvalue weighted by Crippen LogP contribution is -2.31. The Kier molecular flexibility index (Phi) is 3.85. The second-order valence-corrected chi connectivity index (χ2v) is 6.38. The Morgan fingerprint density at radius 3 is 2.95 bits per heavy atom. The van der Waals surface area contributed by atoms with Crippen LogP contribution in [0.1, 0.15) is 21.5 Å². The van der Waals surface area contributed by atoms with Crippen LogP contribution in [0.5, 0.6) is 0 Å². The molecule has 5 nitrogen and oxygen atoms in total. The van der Waals surface area contributed by atoms with Gasteiger partial charge in [0.25, 0.3) is 0 Å². The molecule has 0 fully saturated rings. The fraction of sp³-hybridized carbons (Fsp3) is 0.188. The third-order valence-electron chi connectivity index (χ3n) is 3.50. The zero-order valence-electron chi connectivity index (χ0n) is 11.9. The van der Waals surface area contributed by atoms with Gasteiger partial charge in [-0.3, -0.25) is 9.78 Å². The number of aromatic carboxylic acids is 1. The number of hydrogen-bond acceptors (Lipinski definition) is 4. The minimum absolute atomic E-state index is 0.0625. The van der Waals surface area contributed by atoms with E-state index in [0.717, 1.165) is 16.0 Å². The zero-order valence-corrected chi connectivity index (χ0v) is 12.7. The van der Waals surface area contributed by atoms with Gasteiger partial charge in [-0.25, -0.2) is 4.79 Å². The standard InChI is InChI=1S/C16H14N2O3S/c1-9-5-11(16(20)21)7-12-14(9)18-15(19)13(22-12)6-10-3-2-4-17-8-10/h2-5,7-8,13H,6H2,1H3,(H,18,19)(H,20,21). The Labute approximate surface area is 131 Å². The molecular weight excluding hydrogens is 300 g/mol. The molecule has 2 aromatic rings. The van der Waals surface area contributed by atoms with E-state index in [4.69, 9.17) is 5.11 Å². The van der Waals surface area contributed by atoms with Gasteiger partial charge >= 0.3 is 5.97 Å². The van der Waals surface area contributed by atoms with Crippen molar-refractivity contribution in [2.45, 2.75) is 23.5 Å². The number of thioether (sulfide) groups is 1. The summed E-state index contributed by atoms with van der Waals surface area (Å²) in [5.41, 5.74) is 2.68. The number of anilines is 1. The van der Waals surface area contributed by atoms with Crippen molar-refractivity contribution in [2.24, 2.45) is 0 Å². The fourth-order valence-corrected chi connectivity index (χ4v) is 3.68. The van der Waals surface area contributed by atoms with E-state index in [1.54, 1.807) is 31.5 Å². The van der Waals surface area contributed by atoms with Gasteiger partial charge in [0.15, 0.2) is 0 Å². The van der Waals surface area contributed by atoms with Crippen LogP contribution in [0.4, 0.5) is 5.69 Å². The number of fused-ring (bicyclic) bond motifs is 1. The minimum atomic E-state index is -0.966. The zero-order chi connectivity index (χ0) is 15.7. The molecule has 1 amide bonds. The summed E-state index contributed by atoms with van der Waals surface area (Å²) in [5, 5.41) is 11.8. The molecule has 0 saturated heterocycles. The highest BCUT2D eigenvalue weighted by Crippen LogP contribution is 2.39. The Morgan fingerprint density at radius 1 is 1.45 bits per heavy atom. The third kappa shape index (κ3) is 2.82. The maximum absolute atomic E-state index is 12.3. The summed E-state index contributed by atoms with van der Waals surface area (Å²) in [7, 11) is 0.